The van der Waals surface area contributed by atoms with Crippen LogP contribution in [0, 0.1) is 0 Å². The minimum atomic E-state index is 0.553. The van der Waals surface area contributed by atoms with E-state index in [0.717, 1.165) is 23.6 Å². The Labute approximate surface area is 135 Å². The fourth-order valence-electron chi connectivity index (χ4n) is 3.00. The smallest absolute Gasteiger partial charge is 0.127 e. The summed E-state index contributed by atoms with van der Waals surface area (Å²) in [7, 11) is 1.98. The van der Waals surface area contributed by atoms with Crippen LogP contribution in [0.25, 0.3) is 11.3 Å². The predicted octanol–water partition coefficient (Wildman–Crippen LogP) is 4.77. The maximum absolute atomic E-state index is 6.31. The molecule has 1 aliphatic heterocycles. The quantitative estimate of drug-likeness (QED) is 0.793. The van der Waals surface area contributed by atoms with E-state index in [1.54, 1.807) is 6.07 Å². The number of aromatic nitrogens is 2. The summed E-state index contributed by atoms with van der Waals surface area (Å²) in [4.78, 5) is 2.43. The molecule has 1 aliphatic rings. The van der Waals surface area contributed by atoms with E-state index in [1.165, 1.54) is 19.3 Å². The maximum Gasteiger partial charge on any atom is 0.127 e. The van der Waals surface area contributed by atoms with Crippen LogP contribution in [0.5, 0.6) is 0 Å². The van der Waals surface area contributed by atoms with E-state index in [0.29, 0.717) is 16.1 Å². The number of hydrogen-bond acceptors (Lipinski definition) is 2. The number of piperidine rings is 1. The van der Waals surface area contributed by atoms with Crippen LogP contribution in [0.15, 0.2) is 24.3 Å². The Bertz CT molecular complexity index is 651. The molecule has 1 fully saturated rings. The van der Waals surface area contributed by atoms with Gasteiger partial charge in [-0.15, -0.1) is 0 Å². The molecule has 0 N–H and O–H groups in total. The molecule has 112 valence electrons. The van der Waals surface area contributed by atoms with Gasteiger partial charge in [-0.3, -0.25) is 4.68 Å². The number of anilines is 1. The minimum absolute atomic E-state index is 0.553. The second-order valence-electron chi connectivity index (χ2n) is 5.65. The molecule has 1 atom stereocenters. The highest BCUT2D eigenvalue weighted by Gasteiger charge is 2.22. The summed E-state index contributed by atoms with van der Waals surface area (Å²) in [5.41, 5.74) is 1.76. The highest BCUT2D eigenvalue weighted by Crippen LogP contribution is 2.35. The van der Waals surface area contributed by atoms with Gasteiger partial charge in [0.2, 0.25) is 0 Å². The van der Waals surface area contributed by atoms with E-state index >= 15 is 0 Å². The van der Waals surface area contributed by atoms with Gasteiger partial charge in [0, 0.05) is 31.3 Å². The van der Waals surface area contributed by atoms with Crippen molar-refractivity contribution in [1.29, 1.82) is 0 Å². The predicted molar refractivity (Wildman–Crippen MR) is 89.3 cm³/mol. The van der Waals surface area contributed by atoms with Gasteiger partial charge in [-0.05, 0) is 32.3 Å². The standard InChI is InChI=1S/C16H19Cl2N3/c1-11-6-3-4-9-21(11)15-10-14(19-20(15)2)12-7-5-8-13(17)16(12)18/h5,7-8,10-11H,3-4,6,9H2,1-2H3. The number of rotatable bonds is 2. The Morgan fingerprint density at radius 1 is 1.24 bits per heavy atom. The first-order chi connectivity index (χ1) is 10.1. The van der Waals surface area contributed by atoms with Gasteiger partial charge in [0.15, 0.2) is 0 Å². The van der Waals surface area contributed by atoms with Gasteiger partial charge in [-0.25, -0.2) is 0 Å². The molecule has 0 spiro atoms. The van der Waals surface area contributed by atoms with Crippen molar-refractivity contribution in [3.05, 3.63) is 34.3 Å². The number of aryl methyl sites for hydroxylation is 1. The van der Waals surface area contributed by atoms with Gasteiger partial charge >= 0.3 is 0 Å². The lowest BCUT2D eigenvalue weighted by Gasteiger charge is -2.34. The molecule has 0 amide bonds. The van der Waals surface area contributed by atoms with Gasteiger partial charge < -0.3 is 4.90 Å². The Morgan fingerprint density at radius 2 is 2.05 bits per heavy atom. The van der Waals surface area contributed by atoms with Crippen LogP contribution in [0.4, 0.5) is 5.82 Å². The molecule has 0 aliphatic carbocycles. The summed E-state index contributed by atoms with van der Waals surface area (Å²) in [6, 6.07) is 8.32. The zero-order chi connectivity index (χ0) is 15.0. The van der Waals surface area contributed by atoms with Crippen LogP contribution in [0.3, 0.4) is 0 Å². The van der Waals surface area contributed by atoms with Gasteiger partial charge in [-0.1, -0.05) is 35.3 Å². The molecule has 1 aromatic heterocycles. The average Bonchev–Trinajstić information content (AvgIpc) is 2.84. The summed E-state index contributed by atoms with van der Waals surface area (Å²) < 4.78 is 1.94. The molecular formula is C16H19Cl2N3. The largest absolute Gasteiger partial charge is 0.354 e. The summed E-state index contributed by atoms with van der Waals surface area (Å²) >= 11 is 12.4. The summed E-state index contributed by atoms with van der Waals surface area (Å²) in [6.07, 6.45) is 3.78. The number of hydrogen-bond donors (Lipinski definition) is 0. The van der Waals surface area contributed by atoms with Crippen LogP contribution in [0.2, 0.25) is 10.0 Å². The van der Waals surface area contributed by atoms with E-state index in [1.807, 2.05) is 23.9 Å². The van der Waals surface area contributed by atoms with E-state index in [-0.39, 0.29) is 0 Å². The topological polar surface area (TPSA) is 21.1 Å². The average molecular weight is 324 g/mol. The van der Waals surface area contributed by atoms with Crippen molar-refractivity contribution in [3.8, 4) is 11.3 Å². The van der Waals surface area contributed by atoms with Gasteiger partial charge in [0.1, 0.15) is 5.82 Å². The molecule has 1 aromatic carbocycles. The molecule has 5 heteroatoms. The highest BCUT2D eigenvalue weighted by molar-refractivity contribution is 6.43. The number of halogens is 2. The van der Waals surface area contributed by atoms with E-state index < -0.39 is 0 Å². The first-order valence-corrected chi connectivity index (χ1v) is 8.08. The lowest BCUT2D eigenvalue weighted by Crippen LogP contribution is -2.38. The monoisotopic (exact) mass is 323 g/mol. The Balaban J connectivity index is 1.99. The van der Waals surface area contributed by atoms with Gasteiger partial charge in [0.25, 0.3) is 0 Å². The zero-order valence-electron chi connectivity index (χ0n) is 12.3. The molecule has 21 heavy (non-hydrogen) atoms. The lowest BCUT2D eigenvalue weighted by atomic mass is 10.0. The van der Waals surface area contributed by atoms with Crippen molar-refractivity contribution >= 4 is 29.0 Å². The van der Waals surface area contributed by atoms with Crippen LogP contribution in [-0.4, -0.2) is 22.4 Å². The fourth-order valence-corrected chi connectivity index (χ4v) is 3.40. The normalized spacial score (nSPS) is 19.0. The fraction of sp³-hybridized carbons (Fsp3) is 0.438. The lowest BCUT2D eigenvalue weighted by molar-refractivity contribution is 0.474. The van der Waals surface area contributed by atoms with E-state index in [2.05, 4.69) is 23.0 Å². The second-order valence-corrected chi connectivity index (χ2v) is 6.44. The molecule has 0 saturated carbocycles. The molecule has 1 unspecified atom stereocenters. The molecule has 3 nitrogen and oxygen atoms in total. The van der Waals surface area contributed by atoms with E-state index in [9.17, 15) is 0 Å². The number of benzene rings is 1. The van der Waals surface area contributed by atoms with Crippen LogP contribution in [0.1, 0.15) is 26.2 Å². The first-order valence-electron chi connectivity index (χ1n) is 7.33. The Kier molecular flexibility index (Phi) is 4.14. The Morgan fingerprint density at radius 3 is 2.81 bits per heavy atom. The molecule has 3 rings (SSSR count). The minimum Gasteiger partial charge on any atom is -0.354 e. The van der Waals surface area contributed by atoms with Gasteiger partial charge in [0.05, 0.1) is 15.7 Å². The summed E-state index contributed by atoms with van der Waals surface area (Å²) in [6.45, 7) is 3.36. The molecule has 1 saturated heterocycles. The summed E-state index contributed by atoms with van der Waals surface area (Å²) in [5, 5.41) is 5.75. The second kappa shape index (κ2) is 5.90. The Hall–Kier alpha value is -1.19. The first kappa shape index (κ1) is 14.7. The third-order valence-electron chi connectivity index (χ3n) is 4.18. The van der Waals surface area contributed by atoms with Crippen LogP contribution < -0.4 is 4.90 Å². The molecule has 2 heterocycles. The van der Waals surface area contributed by atoms with Crippen molar-refractivity contribution in [2.75, 3.05) is 11.4 Å². The van der Waals surface area contributed by atoms with Crippen molar-refractivity contribution in [2.24, 2.45) is 7.05 Å². The maximum atomic E-state index is 6.31. The van der Waals surface area contributed by atoms with Crippen molar-refractivity contribution in [2.45, 2.75) is 32.2 Å². The summed E-state index contributed by atoms with van der Waals surface area (Å²) in [5.74, 6) is 1.15. The van der Waals surface area contributed by atoms with Crippen molar-refractivity contribution in [1.82, 2.24) is 9.78 Å². The zero-order valence-corrected chi connectivity index (χ0v) is 13.8. The third kappa shape index (κ3) is 2.77. The molecular weight excluding hydrogens is 305 g/mol. The van der Waals surface area contributed by atoms with Crippen LogP contribution >= 0.6 is 23.2 Å². The van der Waals surface area contributed by atoms with Gasteiger partial charge in [-0.2, -0.15) is 5.10 Å². The SMILES string of the molecule is CC1CCCCN1c1cc(-c2cccc(Cl)c2Cl)nn1C. The van der Waals surface area contributed by atoms with Crippen molar-refractivity contribution < 1.29 is 0 Å². The molecule has 0 bridgehead atoms. The van der Waals surface area contributed by atoms with Crippen molar-refractivity contribution in [3.63, 3.8) is 0 Å². The molecule has 0 radical (unpaired) electrons. The third-order valence-corrected chi connectivity index (χ3v) is 5.00. The highest BCUT2D eigenvalue weighted by atomic mass is 35.5. The molecule has 2 aromatic rings. The number of nitrogens with zero attached hydrogens (tertiary/aromatic N) is 3. The van der Waals surface area contributed by atoms with E-state index in [4.69, 9.17) is 23.2 Å². The van der Waals surface area contributed by atoms with Crippen LogP contribution in [-0.2, 0) is 7.05 Å².